The van der Waals surface area contributed by atoms with Gasteiger partial charge in [-0.3, -0.25) is 9.88 Å². The van der Waals surface area contributed by atoms with Crippen LogP contribution in [0.25, 0.3) is 0 Å². The van der Waals surface area contributed by atoms with Crippen molar-refractivity contribution in [1.82, 2.24) is 9.88 Å². The van der Waals surface area contributed by atoms with Crippen LogP contribution in [0.5, 0.6) is 0 Å². The molecule has 2 atom stereocenters. The SMILES string of the molecule is Cc1ncc(F)cc1[C@H]1COC[C@@H](C)N1C(=O)OC(C)(C)C. The van der Waals surface area contributed by atoms with Crippen molar-refractivity contribution in [2.24, 2.45) is 0 Å². The van der Waals surface area contributed by atoms with Crippen LogP contribution < -0.4 is 0 Å². The van der Waals surface area contributed by atoms with E-state index < -0.39 is 23.6 Å². The summed E-state index contributed by atoms with van der Waals surface area (Å²) in [7, 11) is 0. The summed E-state index contributed by atoms with van der Waals surface area (Å²) in [4.78, 5) is 18.2. The largest absolute Gasteiger partial charge is 0.444 e. The Labute approximate surface area is 130 Å². The van der Waals surface area contributed by atoms with Crippen molar-refractivity contribution < 1.29 is 18.7 Å². The highest BCUT2D eigenvalue weighted by Gasteiger charge is 2.37. The number of rotatable bonds is 1. The lowest BCUT2D eigenvalue weighted by molar-refractivity contribution is -0.0576. The number of carbonyl (C=O) groups is 1. The quantitative estimate of drug-likeness (QED) is 0.799. The maximum atomic E-state index is 13.6. The minimum atomic E-state index is -0.588. The molecule has 122 valence electrons. The van der Waals surface area contributed by atoms with Gasteiger partial charge in [0.25, 0.3) is 0 Å². The van der Waals surface area contributed by atoms with E-state index in [0.29, 0.717) is 24.5 Å². The molecule has 5 nitrogen and oxygen atoms in total. The van der Waals surface area contributed by atoms with Crippen LogP contribution >= 0.6 is 0 Å². The second-order valence-electron chi connectivity index (χ2n) is 6.62. The van der Waals surface area contributed by atoms with E-state index in [4.69, 9.17) is 9.47 Å². The van der Waals surface area contributed by atoms with Crippen LogP contribution in [-0.2, 0) is 9.47 Å². The summed E-state index contributed by atoms with van der Waals surface area (Å²) in [6.07, 6.45) is 0.751. The lowest BCUT2D eigenvalue weighted by Gasteiger charge is -2.41. The van der Waals surface area contributed by atoms with Crippen LogP contribution in [0.2, 0.25) is 0 Å². The summed E-state index contributed by atoms with van der Waals surface area (Å²) in [6, 6.07) is 0.851. The molecule has 1 aromatic heterocycles. The molecular formula is C16H23FN2O3. The molecule has 1 fully saturated rings. The van der Waals surface area contributed by atoms with E-state index in [0.717, 1.165) is 0 Å². The fraction of sp³-hybridized carbons (Fsp3) is 0.625. The number of hydrogen-bond donors (Lipinski definition) is 0. The highest BCUT2D eigenvalue weighted by molar-refractivity contribution is 5.69. The number of aryl methyl sites for hydroxylation is 1. The highest BCUT2D eigenvalue weighted by atomic mass is 19.1. The second kappa shape index (κ2) is 6.20. The maximum Gasteiger partial charge on any atom is 0.411 e. The third-order valence-electron chi connectivity index (χ3n) is 3.50. The van der Waals surface area contributed by atoms with Gasteiger partial charge in [0.05, 0.1) is 31.5 Å². The Morgan fingerprint density at radius 2 is 2.14 bits per heavy atom. The molecule has 1 amide bonds. The van der Waals surface area contributed by atoms with Crippen molar-refractivity contribution in [3.63, 3.8) is 0 Å². The summed E-state index contributed by atoms with van der Waals surface area (Å²) in [5.41, 5.74) is 0.740. The van der Waals surface area contributed by atoms with Gasteiger partial charge in [-0.05, 0) is 40.7 Å². The summed E-state index contributed by atoms with van der Waals surface area (Å²) in [5.74, 6) is -0.428. The first-order valence-electron chi connectivity index (χ1n) is 7.40. The molecule has 0 saturated carbocycles. The molecule has 1 aromatic rings. The molecule has 6 heteroatoms. The van der Waals surface area contributed by atoms with E-state index in [1.807, 2.05) is 27.7 Å². The van der Waals surface area contributed by atoms with Crippen LogP contribution in [0.4, 0.5) is 9.18 Å². The number of hydrogen-bond acceptors (Lipinski definition) is 4. The van der Waals surface area contributed by atoms with Gasteiger partial charge in [-0.2, -0.15) is 0 Å². The van der Waals surface area contributed by atoms with Gasteiger partial charge in [0.1, 0.15) is 11.4 Å². The van der Waals surface area contributed by atoms with Crippen molar-refractivity contribution in [2.75, 3.05) is 13.2 Å². The Balaban J connectivity index is 2.34. The van der Waals surface area contributed by atoms with Gasteiger partial charge in [-0.15, -0.1) is 0 Å². The number of nitrogens with zero attached hydrogens (tertiary/aromatic N) is 2. The fourth-order valence-corrected chi connectivity index (χ4v) is 2.54. The predicted molar refractivity (Wildman–Crippen MR) is 80.0 cm³/mol. The third kappa shape index (κ3) is 3.74. The monoisotopic (exact) mass is 310 g/mol. The zero-order chi connectivity index (χ0) is 16.5. The number of aromatic nitrogens is 1. The summed E-state index contributed by atoms with van der Waals surface area (Å²) in [5, 5.41) is 0. The first-order chi connectivity index (χ1) is 10.2. The molecule has 2 heterocycles. The normalized spacial score (nSPS) is 22.5. The number of halogens is 1. The van der Waals surface area contributed by atoms with Gasteiger partial charge < -0.3 is 9.47 Å². The molecule has 0 aliphatic carbocycles. The molecule has 0 bridgehead atoms. The van der Waals surface area contributed by atoms with E-state index in [9.17, 15) is 9.18 Å². The Bertz CT molecular complexity index is 557. The zero-order valence-electron chi connectivity index (χ0n) is 13.7. The Morgan fingerprint density at radius 3 is 2.77 bits per heavy atom. The van der Waals surface area contributed by atoms with E-state index in [-0.39, 0.29) is 6.04 Å². The van der Waals surface area contributed by atoms with Gasteiger partial charge in [0.2, 0.25) is 0 Å². The molecule has 1 aliphatic heterocycles. The average molecular weight is 310 g/mol. The molecule has 2 rings (SSSR count). The summed E-state index contributed by atoms with van der Waals surface area (Å²) in [6.45, 7) is 9.87. The Hall–Kier alpha value is -1.69. The van der Waals surface area contributed by atoms with Gasteiger partial charge in [-0.1, -0.05) is 0 Å². The van der Waals surface area contributed by atoms with Crippen molar-refractivity contribution in [2.45, 2.75) is 52.3 Å². The molecule has 0 unspecified atom stereocenters. The Kier molecular flexibility index (Phi) is 4.70. The Morgan fingerprint density at radius 1 is 1.45 bits per heavy atom. The molecule has 0 radical (unpaired) electrons. The van der Waals surface area contributed by atoms with E-state index >= 15 is 0 Å². The van der Waals surface area contributed by atoms with Gasteiger partial charge in [0.15, 0.2) is 0 Å². The molecule has 1 saturated heterocycles. The molecule has 1 aliphatic rings. The number of pyridine rings is 1. The molecular weight excluding hydrogens is 287 g/mol. The number of morpholine rings is 1. The number of amides is 1. The maximum absolute atomic E-state index is 13.6. The van der Waals surface area contributed by atoms with Crippen molar-refractivity contribution >= 4 is 6.09 Å². The van der Waals surface area contributed by atoms with Crippen LogP contribution in [-0.4, -0.2) is 40.8 Å². The smallest absolute Gasteiger partial charge is 0.411 e. The lowest BCUT2D eigenvalue weighted by Crippen LogP contribution is -2.51. The van der Waals surface area contributed by atoms with Gasteiger partial charge in [-0.25, -0.2) is 9.18 Å². The molecule has 0 N–H and O–H groups in total. The van der Waals surface area contributed by atoms with Crippen LogP contribution in [0.3, 0.4) is 0 Å². The molecule has 22 heavy (non-hydrogen) atoms. The highest BCUT2D eigenvalue weighted by Crippen LogP contribution is 2.30. The topological polar surface area (TPSA) is 51.7 Å². The van der Waals surface area contributed by atoms with Crippen molar-refractivity contribution in [3.05, 3.63) is 29.3 Å². The van der Waals surface area contributed by atoms with Crippen LogP contribution in [0.1, 0.15) is 45.0 Å². The van der Waals surface area contributed by atoms with Crippen LogP contribution in [0.15, 0.2) is 12.3 Å². The summed E-state index contributed by atoms with van der Waals surface area (Å²) < 4.78 is 24.6. The first-order valence-corrected chi connectivity index (χ1v) is 7.40. The number of carbonyl (C=O) groups excluding carboxylic acids is 1. The van der Waals surface area contributed by atoms with Gasteiger partial charge >= 0.3 is 6.09 Å². The van der Waals surface area contributed by atoms with Gasteiger partial charge in [0, 0.05) is 11.3 Å². The second-order valence-corrected chi connectivity index (χ2v) is 6.62. The average Bonchev–Trinajstić information content (AvgIpc) is 2.39. The first kappa shape index (κ1) is 16.7. The van der Waals surface area contributed by atoms with E-state index in [1.54, 1.807) is 11.8 Å². The third-order valence-corrected chi connectivity index (χ3v) is 3.50. The van der Waals surface area contributed by atoms with Crippen LogP contribution in [0, 0.1) is 12.7 Å². The fourth-order valence-electron chi connectivity index (χ4n) is 2.54. The van der Waals surface area contributed by atoms with Crippen molar-refractivity contribution in [1.29, 1.82) is 0 Å². The molecule has 0 aromatic carbocycles. The molecule has 0 spiro atoms. The number of ether oxygens (including phenoxy) is 2. The van der Waals surface area contributed by atoms with E-state index in [2.05, 4.69) is 4.98 Å². The zero-order valence-corrected chi connectivity index (χ0v) is 13.7. The standard InChI is InChI=1S/C16H23FN2O3/c1-10-8-21-9-14(13-6-12(17)7-18-11(13)2)19(10)15(20)22-16(3,4)5/h6-7,10,14H,8-9H2,1-5H3/t10-,14-/m1/s1. The minimum Gasteiger partial charge on any atom is -0.444 e. The van der Waals surface area contributed by atoms with Crippen molar-refractivity contribution in [3.8, 4) is 0 Å². The minimum absolute atomic E-state index is 0.156. The van der Waals surface area contributed by atoms with E-state index in [1.165, 1.54) is 12.3 Å². The summed E-state index contributed by atoms with van der Waals surface area (Å²) >= 11 is 0. The lowest BCUT2D eigenvalue weighted by atomic mass is 10.0. The predicted octanol–water partition coefficient (Wildman–Crippen LogP) is 3.23.